The van der Waals surface area contributed by atoms with Crippen LogP contribution in [-0.2, 0) is 14.3 Å². The molecule has 0 bridgehead atoms. The van der Waals surface area contributed by atoms with Crippen molar-refractivity contribution in [3.8, 4) is 0 Å². The zero-order chi connectivity index (χ0) is 35.2. The third kappa shape index (κ3) is 21.3. The molecule has 48 heavy (non-hydrogen) atoms. The van der Waals surface area contributed by atoms with Gasteiger partial charge in [0.25, 0.3) is 0 Å². The Hall–Kier alpha value is -1.85. The predicted octanol–water partition coefficient (Wildman–Crippen LogP) is 6.33. The van der Waals surface area contributed by atoms with Crippen molar-refractivity contribution >= 4 is 5.91 Å². The Morgan fingerprint density at radius 2 is 1.21 bits per heavy atom. The van der Waals surface area contributed by atoms with Crippen molar-refractivity contribution in [2.45, 2.75) is 179 Å². The van der Waals surface area contributed by atoms with Crippen LogP contribution in [0, 0.1) is 0 Å². The molecule has 0 aromatic heterocycles. The summed E-state index contributed by atoms with van der Waals surface area (Å²) in [5.74, 6) is -0.210. The Morgan fingerprint density at radius 3 is 1.79 bits per heavy atom. The molecule has 0 saturated carbocycles. The minimum atomic E-state index is -1.57. The maximum absolute atomic E-state index is 12.8. The highest BCUT2D eigenvalue weighted by atomic mass is 16.7. The summed E-state index contributed by atoms with van der Waals surface area (Å²) in [6.07, 6.45) is 28.7. The molecular weight excluding hydrogens is 610 g/mol. The van der Waals surface area contributed by atoms with E-state index < -0.39 is 49.5 Å². The van der Waals surface area contributed by atoms with Gasteiger partial charge < -0.3 is 40.3 Å². The van der Waals surface area contributed by atoms with Crippen LogP contribution < -0.4 is 5.32 Å². The Balaban J connectivity index is 2.53. The topological polar surface area (TPSA) is 149 Å². The van der Waals surface area contributed by atoms with Crippen molar-refractivity contribution < 1.29 is 39.8 Å². The number of hydrogen-bond donors (Lipinski definition) is 6. The van der Waals surface area contributed by atoms with Gasteiger partial charge in [0.15, 0.2) is 6.29 Å². The first-order valence-corrected chi connectivity index (χ1v) is 18.9. The second-order valence-corrected chi connectivity index (χ2v) is 13.0. The number of carbonyl (C=O) groups excluding carboxylic acids is 1. The number of ether oxygens (including phenoxy) is 2. The molecule has 1 saturated heterocycles. The standard InChI is InChI=1S/C39H69NO8/c1-3-5-7-9-11-13-15-16-17-18-19-20-22-24-26-28-33(42)32(31-47-39-38(46)37(45)36(44)34(30-41)48-39)40-35(43)29-27-25-23-21-14-12-10-8-6-4-2/h10,12,15-16,19-20,26,28,32-34,36-39,41-42,44-46H,3-9,11,13-14,17-18,21-25,27,29-31H2,1-2H3,(H,40,43)/b12-10-,16-15+,20-19+,28-26+. The minimum absolute atomic E-state index is 0.210. The van der Waals surface area contributed by atoms with Gasteiger partial charge >= 0.3 is 0 Å². The van der Waals surface area contributed by atoms with E-state index in [1.54, 1.807) is 6.08 Å². The van der Waals surface area contributed by atoms with Crippen molar-refractivity contribution in [3.63, 3.8) is 0 Å². The second-order valence-electron chi connectivity index (χ2n) is 13.0. The molecule has 1 aliphatic heterocycles. The first-order valence-electron chi connectivity index (χ1n) is 18.9. The molecule has 0 aromatic carbocycles. The van der Waals surface area contributed by atoms with Crippen LogP contribution in [0.1, 0.15) is 136 Å². The van der Waals surface area contributed by atoms with Gasteiger partial charge in [0.2, 0.25) is 5.91 Å². The number of aliphatic hydroxyl groups is 5. The first-order chi connectivity index (χ1) is 23.3. The summed E-state index contributed by atoms with van der Waals surface area (Å²) in [5, 5.41) is 53.8. The van der Waals surface area contributed by atoms with Crippen LogP contribution in [0.25, 0.3) is 0 Å². The number of allylic oxidation sites excluding steroid dienone is 7. The monoisotopic (exact) mass is 680 g/mol. The quantitative estimate of drug-likeness (QED) is 0.0397. The van der Waals surface area contributed by atoms with Crippen LogP contribution in [0.5, 0.6) is 0 Å². The van der Waals surface area contributed by atoms with Crippen LogP contribution in [0.4, 0.5) is 0 Å². The normalized spacial score (nSPS) is 23.2. The first kappa shape index (κ1) is 44.2. The van der Waals surface area contributed by atoms with Crippen molar-refractivity contribution in [3.05, 3.63) is 48.6 Å². The largest absolute Gasteiger partial charge is 0.394 e. The lowest BCUT2D eigenvalue weighted by molar-refractivity contribution is -0.302. The summed E-state index contributed by atoms with van der Waals surface area (Å²) < 4.78 is 11.1. The number of nitrogens with one attached hydrogen (secondary N) is 1. The molecule has 1 heterocycles. The van der Waals surface area contributed by atoms with Crippen LogP contribution >= 0.6 is 0 Å². The van der Waals surface area contributed by atoms with E-state index in [0.29, 0.717) is 6.42 Å². The molecule has 6 N–H and O–H groups in total. The van der Waals surface area contributed by atoms with Crippen LogP contribution in [-0.4, -0.2) is 87.5 Å². The highest BCUT2D eigenvalue weighted by Crippen LogP contribution is 2.22. The molecular formula is C39H69NO8. The van der Waals surface area contributed by atoms with Crippen molar-refractivity contribution in [1.82, 2.24) is 5.32 Å². The van der Waals surface area contributed by atoms with Crippen molar-refractivity contribution in [2.75, 3.05) is 13.2 Å². The summed E-state index contributed by atoms with van der Waals surface area (Å²) in [6, 6.07) is -0.830. The number of aliphatic hydroxyl groups excluding tert-OH is 5. The average molecular weight is 680 g/mol. The van der Waals surface area contributed by atoms with Crippen LogP contribution in [0.15, 0.2) is 48.6 Å². The highest BCUT2D eigenvalue weighted by Gasteiger charge is 2.44. The molecule has 1 aliphatic rings. The van der Waals surface area contributed by atoms with Gasteiger partial charge in [0.05, 0.1) is 25.4 Å². The van der Waals surface area contributed by atoms with E-state index in [4.69, 9.17) is 9.47 Å². The van der Waals surface area contributed by atoms with Crippen LogP contribution in [0.2, 0.25) is 0 Å². The molecule has 0 radical (unpaired) electrons. The number of amides is 1. The molecule has 0 aliphatic carbocycles. The van der Waals surface area contributed by atoms with Gasteiger partial charge in [-0.3, -0.25) is 4.79 Å². The van der Waals surface area contributed by atoms with E-state index in [9.17, 15) is 30.3 Å². The van der Waals surface area contributed by atoms with Gasteiger partial charge in [0.1, 0.15) is 24.4 Å². The summed E-state index contributed by atoms with van der Waals surface area (Å²) in [6.45, 7) is 3.64. The third-order valence-corrected chi connectivity index (χ3v) is 8.60. The Bertz CT molecular complexity index is 889. The van der Waals surface area contributed by atoms with E-state index in [2.05, 4.69) is 55.6 Å². The Kier molecular flexibility index (Phi) is 27.6. The smallest absolute Gasteiger partial charge is 0.220 e. The van der Waals surface area contributed by atoms with Gasteiger partial charge in [-0.05, 0) is 64.2 Å². The Morgan fingerprint density at radius 1 is 0.688 bits per heavy atom. The zero-order valence-corrected chi connectivity index (χ0v) is 30.0. The van der Waals surface area contributed by atoms with E-state index in [1.807, 2.05) is 6.08 Å². The summed E-state index contributed by atoms with van der Waals surface area (Å²) in [7, 11) is 0. The zero-order valence-electron chi connectivity index (χ0n) is 30.0. The van der Waals surface area contributed by atoms with E-state index in [0.717, 1.165) is 70.6 Å². The highest BCUT2D eigenvalue weighted by molar-refractivity contribution is 5.76. The number of unbranched alkanes of at least 4 members (excludes halogenated alkanes) is 13. The van der Waals surface area contributed by atoms with E-state index >= 15 is 0 Å². The molecule has 0 spiro atoms. The van der Waals surface area contributed by atoms with Crippen molar-refractivity contribution in [2.24, 2.45) is 0 Å². The molecule has 9 heteroatoms. The fraction of sp³-hybridized carbons (Fsp3) is 0.769. The maximum Gasteiger partial charge on any atom is 0.220 e. The van der Waals surface area contributed by atoms with Gasteiger partial charge in [-0.2, -0.15) is 0 Å². The fourth-order valence-corrected chi connectivity index (χ4v) is 5.46. The molecule has 1 rings (SSSR count). The lowest BCUT2D eigenvalue weighted by Crippen LogP contribution is -2.60. The minimum Gasteiger partial charge on any atom is -0.394 e. The summed E-state index contributed by atoms with van der Waals surface area (Å²) in [4.78, 5) is 12.8. The average Bonchev–Trinajstić information content (AvgIpc) is 3.08. The molecule has 9 nitrogen and oxygen atoms in total. The third-order valence-electron chi connectivity index (χ3n) is 8.60. The predicted molar refractivity (Wildman–Crippen MR) is 193 cm³/mol. The molecule has 1 fully saturated rings. The molecule has 278 valence electrons. The van der Waals surface area contributed by atoms with Gasteiger partial charge in [-0.25, -0.2) is 0 Å². The summed E-state index contributed by atoms with van der Waals surface area (Å²) in [5.41, 5.74) is 0. The van der Waals surface area contributed by atoms with Crippen molar-refractivity contribution in [1.29, 1.82) is 0 Å². The molecule has 7 unspecified atom stereocenters. The lowest BCUT2D eigenvalue weighted by Gasteiger charge is -2.40. The van der Waals surface area contributed by atoms with E-state index in [1.165, 1.54) is 44.9 Å². The lowest BCUT2D eigenvalue weighted by atomic mass is 9.99. The maximum atomic E-state index is 12.8. The second kappa shape index (κ2) is 30.0. The van der Waals surface area contributed by atoms with Crippen LogP contribution in [0.3, 0.4) is 0 Å². The van der Waals surface area contributed by atoms with Gasteiger partial charge in [-0.1, -0.05) is 114 Å². The SMILES string of the molecule is CCCC/C=C\CCCCCCC(=O)NC(COC1OC(CO)C(O)C(O)C1O)C(O)/C=C/CC/C=C/CC/C=C/CCCCCCC. The number of rotatable bonds is 29. The molecule has 7 atom stereocenters. The fourth-order valence-electron chi connectivity index (χ4n) is 5.46. The van der Waals surface area contributed by atoms with Gasteiger partial charge in [0, 0.05) is 6.42 Å². The van der Waals surface area contributed by atoms with Gasteiger partial charge in [-0.15, -0.1) is 0 Å². The number of carbonyl (C=O) groups is 1. The number of hydrogen-bond acceptors (Lipinski definition) is 8. The van der Waals surface area contributed by atoms with E-state index in [-0.39, 0.29) is 12.5 Å². The summed E-state index contributed by atoms with van der Waals surface area (Å²) >= 11 is 0. The molecule has 0 aromatic rings. The molecule has 1 amide bonds. The Labute approximate surface area is 291 Å².